The first kappa shape index (κ1) is 13.4. The fraction of sp³-hybridized carbons (Fsp3) is 0.133. The zero-order valence-corrected chi connectivity index (χ0v) is 11.4. The molecule has 0 aliphatic rings. The van der Waals surface area contributed by atoms with E-state index in [0.29, 0.717) is 11.6 Å². The Morgan fingerprint density at radius 1 is 1.21 bits per heavy atom. The van der Waals surface area contributed by atoms with Gasteiger partial charge in [-0.25, -0.2) is 0 Å². The number of nitrogens with one attached hydrogen (secondary N) is 1. The second-order valence-corrected chi connectivity index (χ2v) is 4.29. The van der Waals surface area contributed by atoms with E-state index in [0.717, 1.165) is 17.0 Å². The van der Waals surface area contributed by atoms with Gasteiger partial charge in [0.15, 0.2) is 0 Å². The smallest absolute Gasteiger partial charge is 0.128 e. The van der Waals surface area contributed by atoms with E-state index in [4.69, 9.17) is 16.3 Å². The van der Waals surface area contributed by atoms with Gasteiger partial charge < -0.3 is 4.74 Å². The molecule has 0 saturated heterocycles. The van der Waals surface area contributed by atoms with Crippen LogP contribution in [-0.2, 0) is 0 Å². The Hall–Kier alpha value is -2.00. The normalized spacial score (nSPS) is 10.6. The predicted octanol–water partition coefficient (Wildman–Crippen LogP) is 4.18. The molecule has 1 N–H and O–H groups in total. The van der Waals surface area contributed by atoms with Crippen molar-refractivity contribution in [2.45, 2.75) is 6.92 Å². The lowest BCUT2D eigenvalue weighted by molar-refractivity contribution is 0.340. The van der Waals surface area contributed by atoms with Crippen molar-refractivity contribution in [2.75, 3.05) is 12.0 Å². The summed E-state index contributed by atoms with van der Waals surface area (Å²) in [5, 5.41) is 4.86. The zero-order chi connectivity index (χ0) is 13.5. The molecular weight excluding hydrogens is 260 g/mol. The third-order valence-corrected chi connectivity index (χ3v) is 2.68. The molecule has 3 nitrogen and oxygen atoms in total. The summed E-state index contributed by atoms with van der Waals surface area (Å²) in [5.41, 5.74) is 4.71. The molecule has 0 amide bonds. The lowest BCUT2D eigenvalue weighted by Gasteiger charge is -2.06. The van der Waals surface area contributed by atoms with Crippen molar-refractivity contribution in [3.8, 4) is 5.75 Å². The molecule has 0 aliphatic carbocycles. The number of halogens is 1. The summed E-state index contributed by atoms with van der Waals surface area (Å²) >= 11 is 5.90. The van der Waals surface area contributed by atoms with Crippen LogP contribution in [0.25, 0.3) is 0 Å². The number of hydrazone groups is 1. The molecule has 2 aromatic carbocycles. The van der Waals surface area contributed by atoms with Crippen LogP contribution >= 0.6 is 11.6 Å². The molecule has 0 heterocycles. The number of nitrogens with zero attached hydrogens (tertiary/aromatic N) is 1. The van der Waals surface area contributed by atoms with E-state index in [1.54, 1.807) is 6.21 Å². The Kier molecular flexibility index (Phi) is 4.81. The van der Waals surface area contributed by atoms with Gasteiger partial charge in [0, 0.05) is 10.6 Å². The summed E-state index contributed by atoms with van der Waals surface area (Å²) in [6, 6.07) is 15.2. The third-order valence-electron chi connectivity index (χ3n) is 2.44. The maximum absolute atomic E-state index is 5.90. The minimum Gasteiger partial charge on any atom is -0.493 e. The lowest BCUT2D eigenvalue weighted by atomic mass is 10.2. The Labute approximate surface area is 117 Å². The van der Waals surface area contributed by atoms with Crippen LogP contribution in [0, 0.1) is 0 Å². The minimum absolute atomic E-state index is 0.632. The number of benzene rings is 2. The van der Waals surface area contributed by atoms with E-state index < -0.39 is 0 Å². The second-order valence-electron chi connectivity index (χ2n) is 3.85. The molecule has 0 fully saturated rings. The molecule has 98 valence electrons. The fourth-order valence-corrected chi connectivity index (χ4v) is 1.80. The molecule has 0 bridgehead atoms. The molecule has 0 saturated carbocycles. The molecule has 0 spiro atoms. The summed E-state index contributed by atoms with van der Waals surface area (Å²) in [5.74, 6) is 0.821. The van der Waals surface area contributed by atoms with Gasteiger partial charge in [0.1, 0.15) is 5.75 Å². The first-order valence-electron chi connectivity index (χ1n) is 6.06. The lowest BCUT2D eigenvalue weighted by Crippen LogP contribution is -1.97. The van der Waals surface area contributed by atoms with Crippen molar-refractivity contribution in [1.29, 1.82) is 0 Å². The summed E-state index contributed by atoms with van der Waals surface area (Å²) in [6.45, 7) is 2.59. The van der Waals surface area contributed by atoms with Crippen LogP contribution in [0.1, 0.15) is 12.5 Å². The van der Waals surface area contributed by atoms with E-state index in [-0.39, 0.29) is 0 Å². The van der Waals surface area contributed by atoms with Crippen molar-refractivity contribution in [2.24, 2.45) is 5.10 Å². The number of para-hydroxylation sites is 1. The Bertz CT molecular complexity index is 570. The summed E-state index contributed by atoms with van der Waals surface area (Å²) in [7, 11) is 0. The second kappa shape index (κ2) is 6.81. The van der Waals surface area contributed by atoms with Crippen LogP contribution < -0.4 is 10.2 Å². The highest BCUT2D eigenvalue weighted by Crippen LogP contribution is 2.17. The number of hydrogen-bond donors (Lipinski definition) is 1. The van der Waals surface area contributed by atoms with Crippen LogP contribution in [0.3, 0.4) is 0 Å². The third kappa shape index (κ3) is 4.00. The minimum atomic E-state index is 0.632. The summed E-state index contributed by atoms with van der Waals surface area (Å²) < 4.78 is 5.52. The fourth-order valence-electron chi connectivity index (χ4n) is 1.61. The quantitative estimate of drug-likeness (QED) is 0.655. The average molecular weight is 275 g/mol. The van der Waals surface area contributed by atoms with E-state index in [9.17, 15) is 0 Å². The van der Waals surface area contributed by atoms with Gasteiger partial charge in [0.05, 0.1) is 18.5 Å². The summed E-state index contributed by atoms with van der Waals surface area (Å²) in [4.78, 5) is 0. The van der Waals surface area contributed by atoms with Gasteiger partial charge in [0.2, 0.25) is 0 Å². The molecule has 4 heteroatoms. The maximum atomic E-state index is 5.90. The molecule has 2 aromatic rings. The van der Waals surface area contributed by atoms with Gasteiger partial charge in [-0.05, 0) is 37.3 Å². The molecule has 0 radical (unpaired) electrons. The maximum Gasteiger partial charge on any atom is 0.128 e. The monoisotopic (exact) mass is 274 g/mol. The number of anilines is 1. The van der Waals surface area contributed by atoms with E-state index in [2.05, 4.69) is 10.5 Å². The van der Waals surface area contributed by atoms with Crippen molar-refractivity contribution < 1.29 is 4.74 Å². The Balaban J connectivity index is 2.06. The number of ether oxygens (including phenoxy) is 1. The van der Waals surface area contributed by atoms with E-state index in [1.165, 1.54) is 0 Å². The van der Waals surface area contributed by atoms with Crippen LogP contribution in [0.4, 0.5) is 5.69 Å². The number of hydrogen-bond acceptors (Lipinski definition) is 3. The highest BCUT2D eigenvalue weighted by molar-refractivity contribution is 6.30. The molecule has 0 unspecified atom stereocenters. The van der Waals surface area contributed by atoms with Crippen LogP contribution in [-0.4, -0.2) is 12.8 Å². The average Bonchev–Trinajstić information content (AvgIpc) is 2.41. The van der Waals surface area contributed by atoms with Crippen LogP contribution in [0.15, 0.2) is 53.6 Å². The Morgan fingerprint density at radius 2 is 2.05 bits per heavy atom. The van der Waals surface area contributed by atoms with Gasteiger partial charge in [-0.15, -0.1) is 0 Å². The van der Waals surface area contributed by atoms with Gasteiger partial charge in [-0.1, -0.05) is 29.8 Å². The number of rotatable bonds is 5. The van der Waals surface area contributed by atoms with Crippen molar-refractivity contribution in [3.63, 3.8) is 0 Å². The van der Waals surface area contributed by atoms with Gasteiger partial charge >= 0.3 is 0 Å². The SMILES string of the molecule is CCOc1ccccc1/C=N\Nc1cccc(Cl)c1. The molecule has 0 aliphatic heterocycles. The molecule has 2 rings (SSSR count). The van der Waals surface area contributed by atoms with E-state index in [1.807, 2.05) is 55.5 Å². The largest absolute Gasteiger partial charge is 0.493 e. The molecule has 0 aromatic heterocycles. The molecule has 19 heavy (non-hydrogen) atoms. The van der Waals surface area contributed by atoms with Crippen LogP contribution in [0.5, 0.6) is 5.75 Å². The zero-order valence-electron chi connectivity index (χ0n) is 10.6. The van der Waals surface area contributed by atoms with Crippen molar-refractivity contribution >= 4 is 23.5 Å². The van der Waals surface area contributed by atoms with Gasteiger partial charge in [0.25, 0.3) is 0 Å². The summed E-state index contributed by atoms with van der Waals surface area (Å²) in [6.07, 6.45) is 1.73. The first-order valence-corrected chi connectivity index (χ1v) is 6.44. The van der Waals surface area contributed by atoms with Crippen LogP contribution in [0.2, 0.25) is 5.02 Å². The molecular formula is C15H15ClN2O. The highest BCUT2D eigenvalue weighted by Gasteiger charge is 1.98. The standard InChI is InChI=1S/C15H15ClN2O/c1-2-19-15-9-4-3-6-12(15)11-17-18-14-8-5-7-13(16)10-14/h3-11,18H,2H2,1H3/b17-11-. The van der Waals surface area contributed by atoms with Gasteiger partial charge in [-0.2, -0.15) is 5.10 Å². The Morgan fingerprint density at radius 3 is 2.84 bits per heavy atom. The first-order chi connectivity index (χ1) is 9.29. The highest BCUT2D eigenvalue weighted by atomic mass is 35.5. The van der Waals surface area contributed by atoms with Crippen molar-refractivity contribution in [1.82, 2.24) is 0 Å². The predicted molar refractivity (Wildman–Crippen MR) is 80.3 cm³/mol. The van der Waals surface area contributed by atoms with Gasteiger partial charge in [-0.3, -0.25) is 5.43 Å². The van der Waals surface area contributed by atoms with E-state index >= 15 is 0 Å². The van der Waals surface area contributed by atoms with Crippen molar-refractivity contribution in [3.05, 3.63) is 59.1 Å². The molecule has 0 atom stereocenters. The topological polar surface area (TPSA) is 33.6 Å².